The van der Waals surface area contributed by atoms with E-state index in [0.29, 0.717) is 22.9 Å². The topological polar surface area (TPSA) is 81.7 Å². The van der Waals surface area contributed by atoms with E-state index in [1.165, 1.54) is 0 Å². The average molecular weight is 379 g/mol. The predicted molar refractivity (Wildman–Crippen MR) is 108 cm³/mol. The Bertz CT molecular complexity index is 886. The lowest BCUT2D eigenvalue weighted by Gasteiger charge is -2.43. The molecule has 0 aromatic heterocycles. The Labute approximate surface area is 164 Å². The fourth-order valence-electron chi connectivity index (χ4n) is 4.24. The summed E-state index contributed by atoms with van der Waals surface area (Å²) in [5.74, 6) is -0.239. The number of nitrogens with zero attached hydrogens (tertiary/aromatic N) is 1. The molecule has 1 aliphatic heterocycles. The second kappa shape index (κ2) is 7.28. The molecule has 6 nitrogen and oxygen atoms in total. The number of para-hydroxylation sites is 2. The zero-order valence-electron chi connectivity index (χ0n) is 15.9. The molecule has 1 heterocycles. The summed E-state index contributed by atoms with van der Waals surface area (Å²) in [5, 5.41) is 17.6. The maximum Gasteiger partial charge on any atom is 0.329 e. The maximum atomic E-state index is 13.4. The fourth-order valence-corrected chi connectivity index (χ4v) is 4.24. The molecule has 1 fully saturated rings. The SMILES string of the molecule is CC1CCCCC1NC(=O)C1(O)c2ccccc2NC(=O)N1c1ccccc1. The van der Waals surface area contributed by atoms with Gasteiger partial charge in [0.1, 0.15) is 0 Å². The van der Waals surface area contributed by atoms with Gasteiger partial charge in [0.25, 0.3) is 11.6 Å². The number of carbonyl (C=O) groups is 2. The molecule has 6 heteroatoms. The second-order valence-electron chi connectivity index (χ2n) is 7.66. The van der Waals surface area contributed by atoms with Crippen molar-refractivity contribution in [3.8, 4) is 0 Å². The highest BCUT2D eigenvalue weighted by Gasteiger charge is 2.52. The molecule has 0 radical (unpaired) electrons. The molecule has 0 bridgehead atoms. The number of anilines is 2. The predicted octanol–water partition coefficient (Wildman–Crippen LogP) is 3.58. The van der Waals surface area contributed by atoms with Crippen LogP contribution in [0.2, 0.25) is 0 Å². The van der Waals surface area contributed by atoms with Crippen LogP contribution in [-0.4, -0.2) is 23.1 Å². The first kappa shape index (κ1) is 18.5. The van der Waals surface area contributed by atoms with E-state index in [2.05, 4.69) is 17.6 Å². The Balaban J connectivity index is 1.78. The van der Waals surface area contributed by atoms with Crippen LogP contribution in [0, 0.1) is 5.92 Å². The van der Waals surface area contributed by atoms with E-state index in [-0.39, 0.29) is 6.04 Å². The van der Waals surface area contributed by atoms with E-state index < -0.39 is 17.7 Å². The number of urea groups is 1. The minimum absolute atomic E-state index is 0.0138. The summed E-state index contributed by atoms with van der Waals surface area (Å²) in [6, 6.07) is 15.1. The van der Waals surface area contributed by atoms with Gasteiger partial charge in [-0.15, -0.1) is 0 Å². The van der Waals surface area contributed by atoms with Crippen molar-refractivity contribution >= 4 is 23.3 Å². The maximum absolute atomic E-state index is 13.4. The Morgan fingerprint density at radius 2 is 1.79 bits per heavy atom. The molecule has 28 heavy (non-hydrogen) atoms. The molecule has 3 atom stereocenters. The van der Waals surface area contributed by atoms with Crippen LogP contribution < -0.4 is 15.5 Å². The van der Waals surface area contributed by atoms with E-state index in [9.17, 15) is 14.7 Å². The van der Waals surface area contributed by atoms with Crippen LogP contribution in [0.15, 0.2) is 54.6 Å². The number of amides is 3. The molecular weight excluding hydrogens is 354 g/mol. The Morgan fingerprint density at radius 3 is 2.54 bits per heavy atom. The molecule has 3 amide bonds. The van der Waals surface area contributed by atoms with Crippen LogP contribution in [0.5, 0.6) is 0 Å². The van der Waals surface area contributed by atoms with Gasteiger partial charge in [-0.05, 0) is 37.0 Å². The van der Waals surface area contributed by atoms with Gasteiger partial charge in [0, 0.05) is 17.3 Å². The smallest absolute Gasteiger partial charge is 0.329 e. The summed E-state index contributed by atoms with van der Waals surface area (Å²) in [6.07, 6.45) is 4.12. The number of hydrogen-bond donors (Lipinski definition) is 3. The number of nitrogens with one attached hydrogen (secondary N) is 2. The molecule has 146 valence electrons. The Morgan fingerprint density at radius 1 is 1.11 bits per heavy atom. The third-order valence-corrected chi connectivity index (χ3v) is 5.83. The number of rotatable bonds is 3. The van der Waals surface area contributed by atoms with Gasteiger partial charge in [-0.1, -0.05) is 56.2 Å². The molecule has 2 aromatic carbocycles. The van der Waals surface area contributed by atoms with E-state index in [1.54, 1.807) is 48.5 Å². The van der Waals surface area contributed by atoms with Gasteiger partial charge in [0.15, 0.2) is 0 Å². The van der Waals surface area contributed by atoms with Crippen molar-refractivity contribution in [2.75, 3.05) is 10.2 Å². The summed E-state index contributed by atoms with van der Waals surface area (Å²) in [6.45, 7) is 2.12. The lowest BCUT2D eigenvalue weighted by Crippen LogP contribution is -2.64. The molecule has 0 saturated heterocycles. The van der Waals surface area contributed by atoms with Gasteiger partial charge in [-0.25, -0.2) is 4.79 Å². The van der Waals surface area contributed by atoms with E-state index >= 15 is 0 Å². The van der Waals surface area contributed by atoms with Crippen LogP contribution in [0.25, 0.3) is 0 Å². The zero-order chi connectivity index (χ0) is 19.7. The van der Waals surface area contributed by atoms with Crippen LogP contribution in [0.4, 0.5) is 16.2 Å². The van der Waals surface area contributed by atoms with Crippen molar-refractivity contribution in [2.45, 2.75) is 44.4 Å². The highest BCUT2D eigenvalue weighted by molar-refractivity contribution is 6.11. The van der Waals surface area contributed by atoms with Crippen LogP contribution >= 0.6 is 0 Å². The summed E-state index contributed by atoms with van der Waals surface area (Å²) in [4.78, 5) is 27.5. The molecule has 4 rings (SSSR count). The first-order valence-electron chi connectivity index (χ1n) is 9.81. The molecule has 3 unspecified atom stereocenters. The van der Waals surface area contributed by atoms with Crippen LogP contribution in [0.1, 0.15) is 38.2 Å². The molecule has 2 aromatic rings. The normalized spacial score (nSPS) is 26.9. The number of benzene rings is 2. The fraction of sp³-hybridized carbons (Fsp3) is 0.364. The van der Waals surface area contributed by atoms with Gasteiger partial charge in [-0.2, -0.15) is 0 Å². The van der Waals surface area contributed by atoms with Gasteiger partial charge in [0.05, 0.1) is 5.69 Å². The van der Waals surface area contributed by atoms with E-state index in [4.69, 9.17) is 0 Å². The highest BCUT2D eigenvalue weighted by Crippen LogP contribution is 2.40. The average Bonchev–Trinajstić information content (AvgIpc) is 2.70. The van der Waals surface area contributed by atoms with Crippen molar-refractivity contribution in [2.24, 2.45) is 5.92 Å². The zero-order valence-corrected chi connectivity index (χ0v) is 15.9. The van der Waals surface area contributed by atoms with Gasteiger partial charge >= 0.3 is 6.03 Å². The minimum atomic E-state index is -2.13. The van der Waals surface area contributed by atoms with E-state index in [1.807, 2.05) is 6.07 Å². The number of hydrogen-bond acceptors (Lipinski definition) is 3. The summed E-state index contributed by atoms with van der Waals surface area (Å²) in [5.41, 5.74) is -0.880. The van der Waals surface area contributed by atoms with Crippen LogP contribution in [-0.2, 0) is 10.5 Å². The third kappa shape index (κ3) is 3.03. The number of fused-ring (bicyclic) bond motifs is 1. The van der Waals surface area contributed by atoms with Crippen molar-refractivity contribution in [3.63, 3.8) is 0 Å². The summed E-state index contributed by atoms with van der Waals surface area (Å²) in [7, 11) is 0. The third-order valence-electron chi connectivity index (χ3n) is 5.83. The lowest BCUT2D eigenvalue weighted by atomic mass is 9.85. The minimum Gasteiger partial charge on any atom is -0.359 e. The summed E-state index contributed by atoms with van der Waals surface area (Å²) < 4.78 is 0. The van der Waals surface area contributed by atoms with Gasteiger partial charge in [-0.3, -0.25) is 9.69 Å². The number of aliphatic hydroxyl groups is 1. The van der Waals surface area contributed by atoms with E-state index in [0.717, 1.165) is 30.6 Å². The van der Waals surface area contributed by atoms with Crippen molar-refractivity contribution in [1.29, 1.82) is 0 Å². The summed E-state index contributed by atoms with van der Waals surface area (Å²) >= 11 is 0. The Hall–Kier alpha value is -2.86. The van der Waals surface area contributed by atoms with Gasteiger partial charge < -0.3 is 15.7 Å². The second-order valence-corrected chi connectivity index (χ2v) is 7.66. The van der Waals surface area contributed by atoms with Crippen LogP contribution in [0.3, 0.4) is 0 Å². The standard InChI is InChI=1S/C22H25N3O3/c1-15-9-5-7-13-18(15)23-20(26)22(28)17-12-6-8-14-19(17)24-21(27)25(22)16-10-3-2-4-11-16/h2-4,6,8,10-12,14-15,18,28H,5,7,9,13H2,1H3,(H,23,26)(H,24,27). The molecular formula is C22H25N3O3. The molecule has 2 aliphatic rings. The number of carbonyl (C=O) groups excluding carboxylic acids is 2. The molecule has 1 aliphatic carbocycles. The van der Waals surface area contributed by atoms with Crippen molar-refractivity contribution in [3.05, 3.63) is 60.2 Å². The first-order chi connectivity index (χ1) is 13.5. The monoisotopic (exact) mass is 379 g/mol. The quantitative estimate of drug-likeness (QED) is 0.762. The largest absolute Gasteiger partial charge is 0.359 e. The van der Waals surface area contributed by atoms with Crippen molar-refractivity contribution < 1.29 is 14.7 Å². The Kier molecular flexibility index (Phi) is 4.81. The lowest BCUT2D eigenvalue weighted by molar-refractivity contribution is -0.141. The molecule has 3 N–H and O–H groups in total. The first-order valence-corrected chi connectivity index (χ1v) is 9.81. The van der Waals surface area contributed by atoms with Gasteiger partial charge in [0.2, 0.25) is 0 Å². The molecule has 0 spiro atoms. The highest BCUT2D eigenvalue weighted by atomic mass is 16.3. The van der Waals surface area contributed by atoms with Crippen molar-refractivity contribution in [1.82, 2.24) is 5.32 Å². The molecule has 1 saturated carbocycles.